The summed E-state index contributed by atoms with van der Waals surface area (Å²) >= 11 is 0. The molecule has 1 heterocycles. The Morgan fingerprint density at radius 3 is 2.13 bits per heavy atom. The topological polar surface area (TPSA) is 6.48 Å². The Hall–Kier alpha value is -0.0800. The van der Waals surface area contributed by atoms with Crippen LogP contribution in [0.25, 0.3) is 0 Å². The number of hydrogen-bond acceptors (Lipinski definition) is 2. The maximum Gasteiger partial charge on any atom is 0.0182 e. The lowest BCUT2D eigenvalue weighted by molar-refractivity contribution is 0.0198. The van der Waals surface area contributed by atoms with E-state index in [1.165, 1.54) is 51.9 Å². The van der Waals surface area contributed by atoms with Crippen LogP contribution < -0.4 is 0 Å². The molecule has 2 heteroatoms. The Labute approximate surface area is 94.6 Å². The van der Waals surface area contributed by atoms with Crippen molar-refractivity contribution in [3.8, 4) is 0 Å². The van der Waals surface area contributed by atoms with Gasteiger partial charge in [0.05, 0.1) is 0 Å². The van der Waals surface area contributed by atoms with E-state index in [2.05, 4.69) is 30.7 Å². The van der Waals surface area contributed by atoms with Gasteiger partial charge in [0.25, 0.3) is 0 Å². The number of hydrogen-bond donors (Lipinski definition) is 0. The summed E-state index contributed by atoms with van der Waals surface area (Å²) in [5, 5.41) is 0. The minimum atomic E-state index is 0.482. The second kappa shape index (κ2) is 4.42. The number of likely N-dealkylation sites (N-methyl/N-ethyl adjacent to an activating group) is 1. The smallest absolute Gasteiger partial charge is 0.0182 e. The predicted molar refractivity (Wildman–Crippen MR) is 64.8 cm³/mol. The standard InChI is InChI=1S/C13H25N2/c1-12-4-6-13(2,7-5-12)15-10-8-14(3)9-11-15/h12H,1,4-11H2,2-3H3. The largest absolute Gasteiger partial charge is 0.304 e. The molecule has 1 saturated carbocycles. The van der Waals surface area contributed by atoms with E-state index in [0.29, 0.717) is 11.5 Å². The molecule has 2 nitrogen and oxygen atoms in total. The van der Waals surface area contributed by atoms with Crippen molar-refractivity contribution in [1.29, 1.82) is 0 Å². The second-order valence-corrected chi connectivity index (χ2v) is 5.73. The fourth-order valence-corrected chi connectivity index (χ4v) is 2.96. The van der Waals surface area contributed by atoms with E-state index in [0.717, 1.165) is 0 Å². The molecule has 0 aromatic heterocycles. The van der Waals surface area contributed by atoms with Gasteiger partial charge in [0.1, 0.15) is 0 Å². The number of piperazine rings is 1. The lowest BCUT2D eigenvalue weighted by Gasteiger charge is -2.48. The summed E-state index contributed by atoms with van der Waals surface area (Å²) in [5.74, 6) is 0.713. The minimum absolute atomic E-state index is 0.482. The average molecular weight is 209 g/mol. The molecule has 1 radical (unpaired) electrons. The zero-order chi connectivity index (χ0) is 10.9. The van der Waals surface area contributed by atoms with E-state index in [4.69, 9.17) is 0 Å². The normalized spacial score (nSPS) is 40.6. The van der Waals surface area contributed by atoms with Gasteiger partial charge >= 0.3 is 0 Å². The molecule has 0 aromatic carbocycles. The first kappa shape index (κ1) is 11.4. The van der Waals surface area contributed by atoms with Gasteiger partial charge in [-0.3, -0.25) is 4.90 Å². The molecule has 0 aromatic rings. The molecular formula is C13H25N2. The first-order valence-electron chi connectivity index (χ1n) is 6.37. The molecule has 0 atom stereocenters. The van der Waals surface area contributed by atoms with Gasteiger partial charge < -0.3 is 4.90 Å². The van der Waals surface area contributed by atoms with Crippen LogP contribution in [0.2, 0.25) is 0 Å². The first-order valence-corrected chi connectivity index (χ1v) is 6.37. The van der Waals surface area contributed by atoms with Crippen molar-refractivity contribution in [1.82, 2.24) is 9.80 Å². The summed E-state index contributed by atoms with van der Waals surface area (Å²) in [6, 6.07) is 0. The lowest BCUT2D eigenvalue weighted by Crippen LogP contribution is -2.56. The third-order valence-corrected chi connectivity index (χ3v) is 4.45. The highest BCUT2D eigenvalue weighted by molar-refractivity contribution is 4.93. The molecule has 87 valence electrons. The van der Waals surface area contributed by atoms with Crippen LogP contribution in [0.1, 0.15) is 32.6 Å². The van der Waals surface area contributed by atoms with Crippen molar-refractivity contribution >= 4 is 0 Å². The predicted octanol–water partition coefficient (Wildman–Crippen LogP) is 2.02. The van der Waals surface area contributed by atoms with Crippen LogP contribution in [0.5, 0.6) is 0 Å². The maximum absolute atomic E-state index is 4.19. The van der Waals surface area contributed by atoms with Crippen LogP contribution in [-0.4, -0.2) is 48.6 Å². The van der Waals surface area contributed by atoms with E-state index in [9.17, 15) is 0 Å². The molecular weight excluding hydrogens is 184 g/mol. The van der Waals surface area contributed by atoms with Gasteiger partial charge in [0.15, 0.2) is 0 Å². The van der Waals surface area contributed by atoms with Crippen LogP contribution >= 0.6 is 0 Å². The van der Waals surface area contributed by atoms with Crippen molar-refractivity contribution < 1.29 is 0 Å². The van der Waals surface area contributed by atoms with Crippen molar-refractivity contribution in [2.75, 3.05) is 33.2 Å². The Bertz CT molecular complexity index is 199. The molecule has 1 aliphatic heterocycles. The summed E-state index contributed by atoms with van der Waals surface area (Å²) in [7, 11) is 2.23. The third-order valence-electron chi connectivity index (χ3n) is 4.45. The summed E-state index contributed by atoms with van der Waals surface area (Å²) in [6.07, 6.45) is 5.35. The maximum atomic E-state index is 4.19. The van der Waals surface area contributed by atoms with Gasteiger partial charge in [0.2, 0.25) is 0 Å². The van der Waals surface area contributed by atoms with Gasteiger partial charge in [-0.15, -0.1) is 0 Å². The van der Waals surface area contributed by atoms with Gasteiger partial charge in [0, 0.05) is 31.7 Å². The van der Waals surface area contributed by atoms with E-state index >= 15 is 0 Å². The van der Waals surface area contributed by atoms with Gasteiger partial charge in [-0.05, 0) is 45.6 Å². The van der Waals surface area contributed by atoms with Crippen molar-refractivity contribution in [2.24, 2.45) is 5.92 Å². The van der Waals surface area contributed by atoms with Crippen molar-refractivity contribution in [3.63, 3.8) is 0 Å². The highest BCUT2D eigenvalue weighted by atomic mass is 15.3. The number of nitrogens with zero attached hydrogens (tertiary/aromatic N) is 2. The highest BCUT2D eigenvalue weighted by Crippen LogP contribution is 2.36. The molecule has 2 aliphatic rings. The number of rotatable bonds is 1. The second-order valence-electron chi connectivity index (χ2n) is 5.73. The van der Waals surface area contributed by atoms with Crippen molar-refractivity contribution in [3.05, 3.63) is 6.92 Å². The molecule has 15 heavy (non-hydrogen) atoms. The molecule has 0 spiro atoms. The molecule has 0 amide bonds. The quantitative estimate of drug-likeness (QED) is 0.652. The summed E-state index contributed by atoms with van der Waals surface area (Å²) in [6.45, 7) is 11.7. The van der Waals surface area contributed by atoms with Crippen LogP contribution in [0, 0.1) is 12.8 Å². The molecule has 2 fully saturated rings. The highest BCUT2D eigenvalue weighted by Gasteiger charge is 2.36. The average Bonchev–Trinajstić information content (AvgIpc) is 2.24. The van der Waals surface area contributed by atoms with Crippen LogP contribution in [0.15, 0.2) is 0 Å². The van der Waals surface area contributed by atoms with Crippen LogP contribution in [0.3, 0.4) is 0 Å². The van der Waals surface area contributed by atoms with Gasteiger partial charge in [-0.25, -0.2) is 0 Å². The molecule has 1 saturated heterocycles. The first-order chi connectivity index (χ1) is 7.10. The van der Waals surface area contributed by atoms with E-state index in [1.807, 2.05) is 0 Å². The Morgan fingerprint density at radius 2 is 1.60 bits per heavy atom. The Morgan fingerprint density at radius 1 is 1.07 bits per heavy atom. The third kappa shape index (κ3) is 2.54. The van der Waals surface area contributed by atoms with Crippen molar-refractivity contribution in [2.45, 2.75) is 38.1 Å². The molecule has 2 rings (SSSR count). The molecule has 1 aliphatic carbocycles. The Kier molecular flexibility index (Phi) is 3.36. The van der Waals surface area contributed by atoms with Crippen LogP contribution in [-0.2, 0) is 0 Å². The minimum Gasteiger partial charge on any atom is -0.304 e. The fourth-order valence-electron chi connectivity index (χ4n) is 2.96. The summed E-state index contributed by atoms with van der Waals surface area (Å²) in [5.41, 5.74) is 0.482. The van der Waals surface area contributed by atoms with Gasteiger partial charge in [-0.2, -0.15) is 0 Å². The van der Waals surface area contributed by atoms with E-state index < -0.39 is 0 Å². The van der Waals surface area contributed by atoms with Crippen LogP contribution in [0.4, 0.5) is 0 Å². The zero-order valence-electron chi connectivity index (χ0n) is 10.3. The molecule has 0 N–H and O–H groups in total. The lowest BCUT2D eigenvalue weighted by atomic mass is 9.77. The monoisotopic (exact) mass is 209 g/mol. The molecule has 0 bridgehead atoms. The SMILES string of the molecule is [CH2]C1CCC(C)(N2CCN(C)CC2)CC1. The fraction of sp³-hybridized carbons (Fsp3) is 0.923. The van der Waals surface area contributed by atoms with Gasteiger partial charge in [-0.1, -0.05) is 6.92 Å². The zero-order valence-corrected chi connectivity index (χ0v) is 10.3. The van der Waals surface area contributed by atoms with E-state index in [-0.39, 0.29) is 0 Å². The Balaban J connectivity index is 1.91. The molecule has 0 unspecified atom stereocenters. The summed E-state index contributed by atoms with van der Waals surface area (Å²) in [4.78, 5) is 5.16. The van der Waals surface area contributed by atoms with E-state index in [1.54, 1.807) is 0 Å². The summed E-state index contributed by atoms with van der Waals surface area (Å²) < 4.78 is 0.